The van der Waals surface area contributed by atoms with Crippen molar-refractivity contribution in [2.75, 3.05) is 24.1 Å². The molecule has 112 valence electrons. The fraction of sp³-hybridized carbons (Fsp3) is 0.533. The Hall–Kier alpha value is -1.62. The van der Waals surface area contributed by atoms with E-state index in [2.05, 4.69) is 31.0 Å². The molecule has 3 N–H and O–H groups in total. The van der Waals surface area contributed by atoms with Gasteiger partial charge in [-0.1, -0.05) is 6.92 Å². The lowest BCUT2D eigenvalue weighted by molar-refractivity contribution is -0.116. The van der Waals surface area contributed by atoms with E-state index in [4.69, 9.17) is 5.73 Å². The zero-order valence-corrected chi connectivity index (χ0v) is 12.4. The fourth-order valence-electron chi connectivity index (χ4n) is 2.08. The van der Waals surface area contributed by atoms with E-state index >= 15 is 0 Å². The lowest BCUT2D eigenvalue weighted by Gasteiger charge is -2.24. The SMILES string of the molecule is CCN(CCCC(=O)Nc1ccc(F)cc1N)C(C)C. The van der Waals surface area contributed by atoms with Gasteiger partial charge in [-0.2, -0.15) is 0 Å². The van der Waals surface area contributed by atoms with Gasteiger partial charge in [-0.25, -0.2) is 4.39 Å². The number of nitrogens with two attached hydrogens (primary N) is 1. The molecular formula is C15H24FN3O. The molecule has 1 rings (SSSR count). The van der Waals surface area contributed by atoms with Crippen LogP contribution in [0, 0.1) is 5.82 Å². The fourth-order valence-corrected chi connectivity index (χ4v) is 2.08. The van der Waals surface area contributed by atoms with E-state index in [9.17, 15) is 9.18 Å². The minimum Gasteiger partial charge on any atom is -0.397 e. The Bertz CT molecular complexity index is 449. The number of halogens is 1. The van der Waals surface area contributed by atoms with Crippen molar-refractivity contribution >= 4 is 17.3 Å². The smallest absolute Gasteiger partial charge is 0.224 e. The molecule has 0 unspecified atom stereocenters. The molecule has 0 radical (unpaired) electrons. The molecule has 1 aromatic rings. The van der Waals surface area contributed by atoms with Crippen LogP contribution in [0.25, 0.3) is 0 Å². The number of carbonyl (C=O) groups excluding carboxylic acids is 1. The van der Waals surface area contributed by atoms with Crippen molar-refractivity contribution in [1.29, 1.82) is 0 Å². The van der Waals surface area contributed by atoms with Crippen LogP contribution in [0.5, 0.6) is 0 Å². The van der Waals surface area contributed by atoms with Crippen LogP contribution in [0.1, 0.15) is 33.6 Å². The van der Waals surface area contributed by atoms with Crippen LogP contribution < -0.4 is 11.1 Å². The standard InChI is InChI=1S/C15H24FN3O/c1-4-19(11(2)3)9-5-6-15(20)18-14-8-7-12(16)10-13(14)17/h7-8,10-11H,4-6,9,17H2,1-3H3,(H,18,20). The minimum absolute atomic E-state index is 0.0943. The molecule has 0 saturated carbocycles. The van der Waals surface area contributed by atoms with Crippen molar-refractivity contribution in [3.63, 3.8) is 0 Å². The number of nitrogens with one attached hydrogen (secondary N) is 1. The highest BCUT2D eigenvalue weighted by molar-refractivity contribution is 5.93. The maximum absolute atomic E-state index is 12.9. The number of rotatable bonds is 7. The van der Waals surface area contributed by atoms with E-state index in [1.807, 2.05) is 0 Å². The maximum atomic E-state index is 12.9. The summed E-state index contributed by atoms with van der Waals surface area (Å²) >= 11 is 0. The highest BCUT2D eigenvalue weighted by Gasteiger charge is 2.09. The number of hydrogen-bond donors (Lipinski definition) is 2. The molecule has 0 fully saturated rings. The Morgan fingerprint density at radius 2 is 2.15 bits per heavy atom. The molecule has 0 aliphatic heterocycles. The number of anilines is 2. The van der Waals surface area contributed by atoms with Crippen molar-refractivity contribution in [2.45, 2.75) is 39.7 Å². The summed E-state index contributed by atoms with van der Waals surface area (Å²) in [7, 11) is 0. The Morgan fingerprint density at radius 3 is 2.70 bits per heavy atom. The number of nitrogen functional groups attached to an aromatic ring is 1. The number of nitrogens with zero attached hydrogens (tertiary/aromatic N) is 1. The van der Waals surface area contributed by atoms with Gasteiger partial charge in [-0.05, 0) is 51.6 Å². The molecule has 1 amide bonds. The van der Waals surface area contributed by atoms with Gasteiger partial charge in [0.1, 0.15) is 5.82 Å². The van der Waals surface area contributed by atoms with E-state index in [1.165, 1.54) is 18.2 Å². The predicted octanol–water partition coefficient (Wildman–Crippen LogP) is 2.86. The average molecular weight is 281 g/mol. The molecule has 1 aromatic carbocycles. The Labute approximate surface area is 120 Å². The van der Waals surface area contributed by atoms with Gasteiger partial charge in [-0.3, -0.25) is 4.79 Å². The van der Waals surface area contributed by atoms with Gasteiger partial charge in [-0.15, -0.1) is 0 Å². The number of amides is 1. The van der Waals surface area contributed by atoms with Crippen LogP contribution in [0.3, 0.4) is 0 Å². The third kappa shape index (κ3) is 5.17. The van der Waals surface area contributed by atoms with Crippen LogP contribution in [0.4, 0.5) is 15.8 Å². The Morgan fingerprint density at radius 1 is 1.45 bits per heavy atom. The largest absolute Gasteiger partial charge is 0.397 e. The quantitative estimate of drug-likeness (QED) is 0.756. The van der Waals surface area contributed by atoms with Crippen molar-refractivity contribution in [2.24, 2.45) is 0 Å². The first-order valence-corrected chi connectivity index (χ1v) is 7.03. The topological polar surface area (TPSA) is 58.4 Å². The van der Waals surface area contributed by atoms with E-state index in [0.717, 1.165) is 19.5 Å². The maximum Gasteiger partial charge on any atom is 0.224 e. The molecule has 0 bridgehead atoms. The summed E-state index contributed by atoms with van der Waals surface area (Å²) in [6, 6.07) is 4.45. The van der Waals surface area contributed by atoms with E-state index < -0.39 is 5.82 Å². The second-order valence-corrected chi connectivity index (χ2v) is 5.11. The van der Waals surface area contributed by atoms with Gasteiger partial charge in [0.15, 0.2) is 0 Å². The second kappa shape index (κ2) is 7.85. The first-order chi connectivity index (χ1) is 9.43. The first kappa shape index (κ1) is 16.4. The summed E-state index contributed by atoms with van der Waals surface area (Å²) in [6.45, 7) is 8.26. The predicted molar refractivity (Wildman–Crippen MR) is 81.1 cm³/mol. The van der Waals surface area contributed by atoms with Crippen molar-refractivity contribution in [3.05, 3.63) is 24.0 Å². The molecule has 0 spiro atoms. The summed E-state index contributed by atoms with van der Waals surface area (Å²) in [5, 5.41) is 2.71. The second-order valence-electron chi connectivity index (χ2n) is 5.11. The van der Waals surface area contributed by atoms with Crippen LogP contribution in [-0.2, 0) is 4.79 Å². The molecule has 20 heavy (non-hydrogen) atoms. The molecule has 0 atom stereocenters. The van der Waals surface area contributed by atoms with Crippen LogP contribution in [-0.4, -0.2) is 29.9 Å². The molecule has 5 heteroatoms. The van der Waals surface area contributed by atoms with Gasteiger partial charge in [0.25, 0.3) is 0 Å². The summed E-state index contributed by atoms with van der Waals surface area (Å²) < 4.78 is 12.9. The van der Waals surface area contributed by atoms with E-state index in [1.54, 1.807) is 0 Å². The van der Waals surface area contributed by atoms with Gasteiger partial charge >= 0.3 is 0 Å². The molecule has 0 aliphatic carbocycles. The lowest BCUT2D eigenvalue weighted by Crippen LogP contribution is -2.32. The Balaban J connectivity index is 2.40. The molecule has 0 aliphatic rings. The third-order valence-corrected chi connectivity index (χ3v) is 3.27. The van der Waals surface area contributed by atoms with E-state index in [-0.39, 0.29) is 11.6 Å². The summed E-state index contributed by atoms with van der Waals surface area (Å²) in [6.07, 6.45) is 1.22. The zero-order valence-electron chi connectivity index (χ0n) is 12.4. The number of carbonyl (C=O) groups is 1. The zero-order chi connectivity index (χ0) is 15.1. The summed E-state index contributed by atoms with van der Waals surface area (Å²) in [5.41, 5.74) is 6.36. The van der Waals surface area contributed by atoms with Crippen molar-refractivity contribution in [3.8, 4) is 0 Å². The van der Waals surface area contributed by atoms with Gasteiger partial charge in [0.2, 0.25) is 5.91 Å². The highest BCUT2D eigenvalue weighted by Crippen LogP contribution is 2.19. The molecule has 4 nitrogen and oxygen atoms in total. The number of benzene rings is 1. The average Bonchev–Trinajstić information content (AvgIpc) is 2.37. The van der Waals surface area contributed by atoms with Gasteiger partial charge in [0.05, 0.1) is 11.4 Å². The van der Waals surface area contributed by atoms with Gasteiger partial charge in [0, 0.05) is 12.5 Å². The third-order valence-electron chi connectivity index (χ3n) is 3.27. The molecule has 0 saturated heterocycles. The number of hydrogen-bond acceptors (Lipinski definition) is 3. The first-order valence-electron chi connectivity index (χ1n) is 7.03. The monoisotopic (exact) mass is 281 g/mol. The van der Waals surface area contributed by atoms with Crippen LogP contribution >= 0.6 is 0 Å². The molecule has 0 aromatic heterocycles. The van der Waals surface area contributed by atoms with Crippen LogP contribution in [0.15, 0.2) is 18.2 Å². The van der Waals surface area contributed by atoms with Crippen molar-refractivity contribution < 1.29 is 9.18 Å². The lowest BCUT2D eigenvalue weighted by atomic mass is 10.2. The summed E-state index contributed by atoms with van der Waals surface area (Å²) in [5.74, 6) is -0.501. The molecular weight excluding hydrogens is 257 g/mol. The van der Waals surface area contributed by atoms with E-state index in [0.29, 0.717) is 18.2 Å². The van der Waals surface area contributed by atoms with Crippen LogP contribution in [0.2, 0.25) is 0 Å². The normalized spacial score (nSPS) is 11.1. The Kier molecular flexibility index (Phi) is 6.45. The highest BCUT2D eigenvalue weighted by atomic mass is 19.1. The minimum atomic E-state index is -0.406. The molecule has 0 heterocycles. The van der Waals surface area contributed by atoms with Gasteiger partial charge < -0.3 is 16.0 Å². The van der Waals surface area contributed by atoms with Crippen molar-refractivity contribution in [1.82, 2.24) is 4.90 Å². The summed E-state index contributed by atoms with van der Waals surface area (Å²) in [4.78, 5) is 14.1.